The van der Waals surface area contributed by atoms with E-state index >= 15 is 0 Å². The molecule has 3 rings (SSSR count). The van der Waals surface area contributed by atoms with Gasteiger partial charge < -0.3 is 10.2 Å². The van der Waals surface area contributed by atoms with Crippen molar-refractivity contribution >= 4 is 35.0 Å². The number of carbonyl (C=O) groups excluding carboxylic acids is 2. The molecule has 2 amide bonds. The molecule has 4 nitrogen and oxygen atoms in total. The van der Waals surface area contributed by atoms with Gasteiger partial charge >= 0.3 is 0 Å². The minimum Gasteiger partial charge on any atom is -0.322 e. The zero-order valence-electron chi connectivity index (χ0n) is 12.4. The van der Waals surface area contributed by atoms with E-state index in [4.69, 9.17) is 0 Å². The maximum atomic E-state index is 12.4. The van der Waals surface area contributed by atoms with Crippen LogP contribution < -0.4 is 10.2 Å². The van der Waals surface area contributed by atoms with Crippen molar-refractivity contribution in [2.75, 3.05) is 23.5 Å². The van der Waals surface area contributed by atoms with E-state index in [1.807, 2.05) is 48.7 Å². The van der Waals surface area contributed by atoms with Crippen LogP contribution in [0.4, 0.5) is 11.4 Å². The number of benzene rings is 2. The molecular weight excluding hydrogens is 296 g/mol. The van der Waals surface area contributed by atoms with Gasteiger partial charge in [0, 0.05) is 23.3 Å². The maximum Gasteiger partial charge on any atom is 0.256 e. The summed E-state index contributed by atoms with van der Waals surface area (Å²) in [5, 5.41) is 2.91. The second kappa shape index (κ2) is 5.85. The van der Waals surface area contributed by atoms with E-state index in [2.05, 4.69) is 5.32 Å². The number of carbonyl (C=O) groups is 2. The van der Waals surface area contributed by atoms with Crippen molar-refractivity contribution in [3.05, 3.63) is 53.6 Å². The number of nitrogens with one attached hydrogen (secondary N) is 1. The van der Waals surface area contributed by atoms with Gasteiger partial charge in [0.1, 0.15) is 0 Å². The lowest BCUT2D eigenvalue weighted by Gasteiger charge is -2.12. The molecule has 0 fully saturated rings. The van der Waals surface area contributed by atoms with Crippen LogP contribution in [0.25, 0.3) is 0 Å². The van der Waals surface area contributed by atoms with E-state index in [1.54, 1.807) is 23.7 Å². The van der Waals surface area contributed by atoms with Crippen LogP contribution in [0.3, 0.4) is 0 Å². The monoisotopic (exact) mass is 312 g/mol. The average molecular weight is 312 g/mol. The number of rotatable bonds is 3. The van der Waals surface area contributed by atoms with Gasteiger partial charge in [0.2, 0.25) is 5.91 Å². The lowest BCUT2D eigenvalue weighted by atomic mass is 10.1. The molecule has 1 aliphatic heterocycles. The molecule has 0 spiro atoms. The standard InChI is InChI=1S/C17H16N2O2S/c1-19-14-8-7-12(9-11(14)10-16(19)20)18-17(21)13-5-3-4-6-15(13)22-2/h3-9H,10H2,1-2H3,(H,18,21). The molecule has 0 atom stereocenters. The molecule has 1 N–H and O–H groups in total. The zero-order valence-corrected chi connectivity index (χ0v) is 13.2. The number of amides is 2. The van der Waals surface area contributed by atoms with Crippen LogP contribution in [-0.2, 0) is 11.2 Å². The molecule has 22 heavy (non-hydrogen) atoms. The van der Waals surface area contributed by atoms with Crippen molar-refractivity contribution < 1.29 is 9.59 Å². The van der Waals surface area contributed by atoms with Crippen molar-refractivity contribution in [2.24, 2.45) is 0 Å². The summed E-state index contributed by atoms with van der Waals surface area (Å²) in [5.74, 6) is -0.0613. The molecular formula is C17H16N2O2S. The molecule has 2 aromatic carbocycles. The van der Waals surface area contributed by atoms with Gasteiger partial charge in [-0.05, 0) is 42.2 Å². The van der Waals surface area contributed by atoms with Gasteiger partial charge in [0.05, 0.1) is 12.0 Å². The molecule has 0 saturated carbocycles. The van der Waals surface area contributed by atoms with Crippen molar-refractivity contribution in [3.63, 3.8) is 0 Å². The fraction of sp³-hybridized carbons (Fsp3) is 0.176. The highest BCUT2D eigenvalue weighted by atomic mass is 32.2. The van der Waals surface area contributed by atoms with Crippen LogP contribution in [0, 0.1) is 0 Å². The first-order chi connectivity index (χ1) is 10.6. The second-order valence-electron chi connectivity index (χ2n) is 5.13. The van der Waals surface area contributed by atoms with Gasteiger partial charge in [-0.3, -0.25) is 9.59 Å². The van der Waals surface area contributed by atoms with Crippen LogP contribution >= 0.6 is 11.8 Å². The van der Waals surface area contributed by atoms with Crippen molar-refractivity contribution in [3.8, 4) is 0 Å². The fourth-order valence-electron chi connectivity index (χ4n) is 2.58. The van der Waals surface area contributed by atoms with Crippen LogP contribution in [0.15, 0.2) is 47.4 Å². The van der Waals surface area contributed by atoms with Gasteiger partial charge in [0.25, 0.3) is 5.91 Å². The van der Waals surface area contributed by atoms with Crippen LogP contribution in [0.1, 0.15) is 15.9 Å². The first-order valence-corrected chi connectivity index (χ1v) is 8.16. The lowest BCUT2D eigenvalue weighted by molar-refractivity contribution is -0.117. The highest BCUT2D eigenvalue weighted by Gasteiger charge is 2.24. The smallest absolute Gasteiger partial charge is 0.256 e. The van der Waals surface area contributed by atoms with Gasteiger partial charge in [0.15, 0.2) is 0 Å². The van der Waals surface area contributed by atoms with Gasteiger partial charge in [-0.2, -0.15) is 0 Å². The van der Waals surface area contributed by atoms with Gasteiger partial charge in [-0.25, -0.2) is 0 Å². The summed E-state index contributed by atoms with van der Waals surface area (Å²) in [5.41, 5.74) is 3.22. The molecule has 1 aliphatic rings. The highest BCUT2D eigenvalue weighted by Crippen LogP contribution is 2.30. The number of nitrogens with zero attached hydrogens (tertiary/aromatic N) is 1. The molecule has 5 heteroatoms. The van der Waals surface area contributed by atoms with E-state index in [9.17, 15) is 9.59 Å². The minimum atomic E-state index is -0.137. The highest BCUT2D eigenvalue weighted by molar-refractivity contribution is 7.98. The molecule has 0 unspecified atom stereocenters. The maximum absolute atomic E-state index is 12.4. The van der Waals surface area contributed by atoms with Crippen molar-refractivity contribution in [1.29, 1.82) is 0 Å². The third kappa shape index (κ3) is 2.60. The van der Waals surface area contributed by atoms with Gasteiger partial charge in [-0.1, -0.05) is 12.1 Å². The first-order valence-electron chi connectivity index (χ1n) is 6.94. The SMILES string of the molecule is CSc1ccccc1C(=O)Nc1ccc2c(c1)CC(=O)N2C. The Morgan fingerprint density at radius 3 is 2.77 bits per heavy atom. The molecule has 0 aromatic heterocycles. The topological polar surface area (TPSA) is 49.4 Å². The largest absolute Gasteiger partial charge is 0.322 e. The number of thioether (sulfide) groups is 1. The number of fused-ring (bicyclic) bond motifs is 1. The quantitative estimate of drug-likeness (QED) is 0.886. The van der Waals surface area contributed by atoms with E-state index < -0.39 is 0 Å². The minimum absolute atomic E-state index is 0.0752. The normalized spacial score (nSPS) is 13.2. The lowest BCUT2D eigenvalue weighted by Crippen LogP contribution is -2.20. The Bertz CT molecular complexity index is 758. The van der Waals surface area contributed by atoms with Crippen LogP contribution in [0.5, 0.6) is 0 Å². The summed E-state index contributed by atoms with van der Waals surface area (Å²) in [6.07, 6.45) is 2.33. The Morgan fingerprint density at radius 1 is 1.23 bits per heavy atom. The number of hydrogen-bond acceptors (Lipinski definition) is 3. The van der Waals surface area contributed by atoms with E-state index in [0.717, 1.165) is 16.1 Å². The number of hydrogen-bond donors (Lipinski definition) is 1. The molecule has 112 valence electrons. The Morgan fingerprint density at radius 2 is 2.00 bits per heavy atom. The second-order valence-corrected chi connectivity index (χ2v) is 5.98. The Hall–Kier alpha value is -2.27. The predicted octanol–water partition coefficient (Wildman–Crippen LogP) is 3.18. The fourth-order valence-corrected chi connectivity index (χ4v) is 3.17. The molecule has 0 saturated heterocycles. The third-order valence-electron chi connectivity index (χ3n) is 3.77. The summed E-state index contributed by atoms with van der Waals surface area (Å²) in [6, 6.07) is 13.1. The van der Waals surface area contributed by atoms with Gasteiger partial charge in [-0.15, -0.1) is 11.8 Å². The summed E-state index contributed by atoms with van der Waals surface area (Å²) in [6.45, 7) is 0. The summed E-state index contributed by atoms with van der Waals surface area (Å²) < 4.78 is 0. The Kier molecular flexibility index (Phi) is 3.90. The number of likely N-dealkylation sites (N-methyl/N-ethyl adjacent to an activating group) is 1. The van der Waals surface area contributed by atoms with Crippen molar-refractivity contribution in [2.45, 2.75) is 11.3 Å². The third-order valence-corrected chi connectivity index (χ3v) is 4.56. The molecule has 0 radical (unpaired) electrons. The molecule has 0 bridgehead atoms. The summed E-state index contributed by atoms with van der Waals surface area (Å²) >= 11 is 1.54. The van der Waals surface area contributed by atoms with E-state index in [-0.39, 0.29) is 11.8 Å². The van der Waals surface area contributed by atoms with Crippen LogP contribution in [0.2, 0.25) is 0 Å². The number of anilines is 2. The summed E-state index contributed by atoms with van der Waals surface area (Å²) in [7, 11) is 1.77. The molecule has 0 aliphatic carbocycles. The van der Waals surface area contributed by atoms with E-state index in [0.29, 0.717) is 17.7 Å². The van der Waals surface area contributed by atoms with Crippen molar-refractivity contribution in [1.82, 2.24) is 0 Å². The van der Waals surface area contributed by atoms with Crippen LogP contribution in [-0.4, -0.2) is 25.1 Å². The average Bonchev–Trinajstić information content (AvgIpc) is 2.81. The summed E-state index contributed by atoms with van der Waals surface area (Å²) in [4.78, 5) is 26.7. The molecule has 2 aromatic rings. The predicted molar refractivity (Wildman–Crippen MR) is 89.7 cm³/mol. The zero-order chi connectivity index (χ0) is 15.7. The Balaban J connectivity index is 1.84. The Labute approximate surface area is 133 Å². The molecule has 1 heterocycles. The first kappa shape index (κ1) is 14.7. The van der Waals surface area contributed by atoms with E-state index in [1.165, 1.54) is 0 Å².